The molecule has 6 rings (SSSR count). The lowest BCUT2D eigenvalue weighted by Crippen LogP contribution is -2.25. The van der Waals surface area contributed by atoms with Crippen molar-refractivity contribution in [2.45, 2.75) is 0 Å². The highest BCUT2D eigenvalue weighted by atomic mass is 32.2. The van der Waals surface area contributed by atoms with Crippen LogP contribution in [0.25, 0.3) is 54.2 Å². The predicted molar refractivity (Wildman–Crippen MR) is 162 cm³/mol. The smallest absolute Gasteiger partial charge is 0.255 e. The second kappa shape index (κ2) is 10.3. The Labute approximate surface area is 244 Å². The van der Waals surface area contributed by atoms with Gasteiger partial charge in [0.1, 0.15) is 28.0 Å². The number of aromatic nitrogens is 1. The highest BCUT2D eigenvalue weighted by Crippen LogP contribution is 2.43. The second-order valence-corrected chi connectivity index (χ2v) is 12.7. The summed E-state index contributed by atoms with van der Waals surface area (Å²) in [5.74, 6) is -1.18. The van der Waals surface area contributed by atoms with Gasteiger partial charge in [-0.2, -0.15) is 0 Å². The topological polar surface area (TPSA) is 92.5 Å². The molecule has 0 spiro atoms. The maximum Gasteiger partial charge on any atom is 0.255 e. The van der Waals surface area contributed by atoms with Crippen molar-refractivity contribution in [3.05, 3.63) is 96.1 Å². The summed E-state index contributed by atoms with van der Waals surface area (Å²) in [7, 11) is -0.855. The van der Waals surface area contributed by atoms with E-state index in [0.29, 0.717) is 27.1 Å². The van der Waals surface area contributed by atoms with E-state index in [1.165, 1.54) is 61.8 Å². The first kappa shape index (κ1) is 27.6. The number of fused-ring (bicyclic) bond motifs is 2. The second-order valence-electron chi connectivity index (χ2n) is 9.67. The molecule has 212 valence electrons. The van der Waals surface area contributed by atoms with Gasteiger partial charge in [0.2, 0.25) is 10.0 Å². The fraction of sp³-hybridized carbons (Fsp3) is 0.0968. The molecule has 0 aliphatic heterocycles. The minimum atomic E-state index is -3.74. The number of hydrogen-bond donors (Lipinski definition) is 1. The van der Waals surface area contributed by atoms with E-state index < -0.39 is 27.6 Å². The molecule has 4 aromatic carbocycles. The van der Waals surface area contributed by atoms with Crippen LogP contribution in [0.5, 0.6) is 0 Å². The van der Waals surface area contributed by atoms with E-state index >= 15 is 4.39 Å². The van der Waals surface area contributed by atoms with Gasteiger partial charge >= 0.3 is 0 Å². The third kappa shape index (κ3) is 4.80. The van der Waals surface area contributed by atoms with Crippen molar-refractivity contribution < 1.29 is 26.4 Å². The van der Waals surface area contributed by atoms with E-state index in [0.717, 1.165) is 20.8 Å². The van der Waals surface area contributed by atoms with Crippen molar-refractivity contribution in [2.75, 3.05) is 24.7 Å². The van der Waals surface area contributed by atoms with Gasteiger partial charge in [0.05, 0.1) is 27.7 Å². The number of benzene rings is 4. The number of halogens is 2. The SMILES string of the molecule is CNC(=O)c1c(-c2ccc(F)cc2)oc2cc(N(C)S(C)(=O)=O)c(-c3ccc(F)c(-c4nc5ccccc5s4)c3)cc12. The summed E-state index contributed by atoms with van der Waals surface area (Å²) in [4.78, 5) is 17.7. The number of hydrogen-bond acceptors (Lipinski definition) is 6. The number of amides is 1. The van der Waals surface area contributed by atoms with Crippen LogP contribution in [-0.4, -0.2) is 39.7 Å². The third-order valence-corrected chi connectivity index (χ3v) is 9.27. The molecule has 0 radical (unpaired) electrons. The number of carbonyl (C=O) groups is 1. The van der Waals surface area contributed by atoms with Crippen molar-refractivity contribution in [3.63, 3.8) is 0 Å². The van der Waals surface area contributed by atoms with Crippen LogP contribution in [0, 0.1) is 11.6 Å². The number of nitrogens with zero attached hydrogens (tertiary/aromatic N) is 2. The number of sulfonamides is 1. The van der Waals surface area contributed by atoms with Crippen LogP contribution in [0.2, 0.25) is 0 Å². The molecular weight excluding hydrogens is 580 g/mol. The van der Waals surface area contributed by atoms with Crippen LogP contribution in [0.1, 0.15) is 10.4 Å². The Kier molecular flexibility index (Phi) is 6.78. The molecule has 7 nitrogen and oxygen atoms in total. The molecule has 1 amide bonds. The van der Waals surface area contributed by atoms with E-state index in [1.807, 2.05) is 24.3 Å². The minimum absolute atomic E-state index is 0.197. The molecule has 0 atom stereocenters. The van der Waals surface area contributed by atoms with Gasteiger partial charge in [0, 0.05) is 42.2 Å². The molecule has 42 heavy (non-hydrogen) atoms. The summed E-state index contributed by atoms with van der Waals surface area (Å²) in [6, 6.07) is 20.7. The Balaban J connectivity index is 1.63. The van der Waals surface area contributed by atoms with E-state index in [1.54, 1.807) is 18.2 Å². The predicted octanol–water partition coefficient (Wildman–Crippen LogP) is 7.08. The summed E-state index contributed by atoms with van der Waals surface area (Å²) < 4.78 is 62.4. The number of furan rings is 1. The van der Waals surface area contributed by atoms with Gasteiger partial charge in [-0.3, -0.25) is 9.10 Å². The summed E-state index contributed by atoms with van der Waals surface area (Å²) in [6.45, 7) is 0. The van der Waals surface area contributed by atoms with E-state index in [4.69, 9.17) is 4.42 Å². The first-order chi connectivity index (χ1) is 20.0. The Hall–Kier alpha value is -4.61. The lowest BCUT2D eigenvalue weighted by atomic mass is 9.97. The van der Waals surface area contributed by atoms with Gasteiger partial charge in [0.15, 0.2) is 0 Å². The van der Waals surface area contributed by atoms with Gasteiger partial charge in [-0.25, -0.2) is 22.2 Å². The summed E-state index contributed by atoms with van der Waals surface area (Å²) in [5, 5.41) is 3.49. The molecule has 0 bridgehead atoms. The zero-order chi connectivity index (χ0) is 29.8. The highest BCUT2D eigenvalue weighted by molar-refractivity contribution is 7.92. The first-order valence-electron chi connectivity index (χ1n) is 12.7. The molecule has 2 aromatic heterocycles. The lowest BCUT2D eigenvalue weighted by Gasteiger charge is -2.21. The van der Waals surface area contributed by atoms with Gasteiger partial charge < -0.3 is 9.73 Å². The third-order valence-electron chi connectivity index (χ3n) is 7.01. The maximum atomic E-state index is 15.2. The van der Waals surface area contributed by atoms with Crippen LogP contribution in [0.3, 0.4) is 0 Å². The summed E-state index contributed by atoms with van der Waals surface area (Å²) in [6.07, 6.45) is 1.07. The van der Waals surface area contributed by atoms with Gasteiger partial charge in [0.25, 0.3) is 5.91 Å². The minimum Gasteiger partial charge on any atom is -0.455 e. The number of thiazole rings is 1. The zero-order valence-electron chi connectivity index (χ0n) is 22.6. The Morgan fingerprint density at radius 1 is 0.952 bits per heavy atom. The van der Waals surface area contributed by atoms with E-state index in [2.05, 4.69) is 10.3 Å². The van der Waals surface area contributed by atoms with Crippen LogP contribution in [-0.2, 0) is 10.0 Å². The van der Waals surface area contributed by atoms with Crippen molar-refractivity contribution in [2.24, 2.45) is 0 Å². The quantitative estimate of drug-likeness (QED) is 0.220. The van der Waals surface area contributed by atoms with E-state index in [-0.39, 0.29) is 28.2 Å². The van der Waals surface area contributed by atoms with E-state index in [9.17, 15) is 17.6 Å². The molecule has 0 saturated heterocycles. The summed E-state index contributed by atoms with van der Waals surface area (Å²) in [5.41, 5.74) is 3.09. The average molecular weight is 604 g/mol. The standard InChI is InChI=1S/C31H23F2N3O4S2/c1-34-30(37)28-22-15-20(18-10-13-23(33)21(14-18)31-35-24-6-4-5-7-27(24)41-31)25(36(2)42(3,38)39)16-26(22)40-29(28)17-8-11-19(32)12-9-17/h4-16H,1-3H3,(H,34,37). The van der Waals surface area contributed by atoms with Crippen LogP contribution in [0.4, 0.5) is 14.5 Å². The highest BCUT2D eigenvalue weighted by Gasteiger charge is 2.26. The lowest BCUT2D eigenvalue weighted by molar-refractivity contribution is 0.0964. The number of anilines is 1. The number of rotatable bonds is 6. The average Bonchev–Trinajstić information content (AvgIpc) is 3.57. The van der Waals surface area contributed by atoms with Crippen molar-refractivity contribution in [1.29, 1.82) is 0 Å². The maximum absolute atomic E-state index is 15.2. The number of nitrogens with one attached hydrogen (secondary N) is 1. The monoisotopic (exact) mass is 603 g/mol. The molecule has 2 heterocycles. The normalized spacial score (nSPS) is 11.7. The molecule has 0 saturated carbocycles. The molecule has 0 unspecified atom stereocenters. The molecule has 1 N–H and O–H groups in total. The fourth-order valence-corrected chi connectivity index (χ4v) is 6.29. The Morgan fingerprint density at radius 3 is 2.36 bits per heavy atom. The van der Waals surface area contributed by atoms with Gasteiger partial charge in [-0.05, 0) is 60.2 Å². The van der Waals surface area contributed by atoms with Gasteiger partial charge in [-0.15, -0.1) is 11.3 Å². The largest absolute Gasteiger partial charge is 0.455 e. The van der Waals surface area contributed by atoms with Crippen LogP contribution in [0.15, 0.2) is 83.3 Å². The Morgan fingerprint density at radius 2 is 1.67 bits per heavy atom. The molecule has 0 fully saturated rings. The van der Waals surface area contributed by atoms with Crippen molar-refractivity contribution in [3.8, 4) is 33.0 Å². The fourth-order valence-electron chi connectivity index (χ4n) is 4.80. The summed E-state index contributed by atoms with van der Waals surface area (Å²) >= 11 is 1.34. The Bertz CT molecular complexity index is 2090. The van der Waals surface area contributed by atoms with Gasteiger partial charge in [-0.1, -0.05) is 18.2 Å². The molecule has 0 aliphatic carbocycles. The molecular formula is C31H23F2N3O4S2. The van der Waals surface area contributed by atoms with Crippen molar-refractivity contribution >= 4 is 54.1 Å². The van der Waals surface area contributed by atoms with Crippen LogP contribution >= 0.6 is 11.3 Å². The molecule has 0 aliphatic rings. The molecule has 6 aromatic rings. The van der Waals surface area contributed by atoms with Crippen LogP contribution < -0.4 is 9.62 Å². The molecule has 11 heteroatoms. The zero-order valence-corrected chi connectivity index (χ0v) is 24.2. The van der Waals surface area contributed by atoms with Crippen molar-refractivity contribution in [1.82, 2.24) is 10.3 Å². The number of para-hydroxylation sites is 1. The number of carbonyl (C=O) groups excluding carboxylic acids is 1. The first-order valence-corrected chi connectivity index (χ1v) is 15.4.